The van der Waals surface area contributed by atoms with Crippen molar-refractivity contribution in [3.63, 3.8) is 0 Å². The van der Waals surface area contributed by atoms with Gasteiger partial charge < -0.3 is 10.4 Å². The molecule has 2 N–H and O–H groups in total. The Morgan fingerprint density at radius 1 is 1.15 bits per heavy atom. The third-order valence-corrected chi connectivity index (χ3v) is 3.48. The molecule has 134 valence electrons. The van der Waals surface area contributed by atoms with Crippen LogP contribution in [0.4, 0.5) is 11.4 Å². The summed E-state index contributed by atoms with van der Waals surface area (Å²) in [6.45, 7) is 1.58. The molecule has 0 saturated carbocycles. The maximum atomic E-state index is 12.1. The molecule has 1 unspecified atom stereocenters. The highest BCUT2D eigenvalue weighted by atomic mass is 16.6. The number of hydrogen-bond donors (Lipinski definition) is 2. The number of carbonyl (C=O) groups is 2. The summed E-state index contributed by atoms with van der Waals surface area (Å²) in [6.07, 6.45) is -0.0897. The SMILES string of the molecule is CC(CC(=O)Nc1ccc([N+](=O)[O-])cc1)=NC(C(=O)O)c1ccccc1. The van der Waals surface area contributed by atoms with E-state index < -0.39 is 22.8 Å². The Kier molecular flexibility index (Phi) is 6.15. The summed E-state index contributed by atoms with van der Waals surface area (Å²) in [6, 6.07) is 12.9. The zero-order valence-electron chi connectivity index (χ0n) is 14.0. The van der Waals surface area contributed by atoms with Gasteiger partial charge >= 0.3 is 5.97 Å². The number of amides is 1. The molecule has 0 fully saturated rings. The van der Waals surface area contributed by atoms with Crippen LogP contribution in [0.5, 0.6) is 0 Å². The van der Waals surface area contributed by atoms with E-state index in [9.17, 15) is 24.8 Å². The number of nitrogens with one attached hydrogen (secondary N) is 1. The summed E-state index contributed by atoms with van der Waals surface area (Å²) < 4.78 is 0. The van der Waals surface area contributed by atoms with Gasteiger partial charge in [-0.05, 0) is 24.6 Å². The van der Waals surface area contributed by atoms with Crippen molar-refractivity contribution in [1.82, 2.24) is 0 Å². The average Bonchev–Trinajstić information content (AvgIpc) is 2.60. The Balaban J connectivity index is 2.03. The summed E-state index contributed by atoms with van der Waals surface area (Å²) in [5, 5.41) is 22.6. The van der Waals surface area contributed by atoms with Crippen LogP contribution in [0.15, 0.2) is 59.6 Å². The van der Waals surface area contributed by atoms with E-state index in [4.69, 9.17) is 0 Å². The van der Waals surface area contributed by atoms with Crippen LogP contribution in [0.25, 0.3) is 0 Å². The molecule has 2 aromatic carbocycles. The number of hydrogen-bond acceptors (Lipinski definition) is 5. The van der Waals surface area contributed by atoms with Crippen molar-refractivity contribution in [2.75, 3.05) is 5.32 Å². The molecule has 0 aliphatic rings. The minimum absolute atomic E-state index is 0.0760. The number of nitrogens with zero attached hydrogens (tertiary/aromatic N) is 2. The second kappa shape index (κ2) is 8.52. The van der Waals surface area contributed by atoms with Gasteiger partial charge in [0.2, 0.25) is 5.91 Å². The lowest BCUT2D eigenvalue weighted by atomic mass is 10.1. The van der Waals surface area contributed by atoms with E-state index in [0.717, 1.165) is 0 Å². The van der Waals surface area contributed by atoms with Crippen LogP contribution in [0.1, 0.15) is 24.9 Å². The number of non-ortho nitro benzene ring substituents is 1. The van der Waals surface area contributed by atoms with Crippen LogP contribution < -0.4 is 5.32 Å². The highest BCUT2D eigenvalue weighted by Gasteiger charge is 2.19. The maximum Gasteiger partial charge on any atom is 0.333 e. The number of anilines is 1. The van der Waals surface area contributed by atoms with Crippen molar-refractivity contribution >= 4 is 29.0 Å². The molecule has 0 heterocycles. The first-order chi connectivity index (χ1) is 12.4. The molecule has 0 radical (unpaired) electrons. The van der Waals surface area contributed by atoms with Gasteiger partial charge in [-0.2, -0.15) is 0 Å². The second-order valence-corrected chi connectivity index (χ2v) is 5.54. The third-order valence-electron chi connectivity index (χ3n) is 3.48. The number of aliphatic imine (C=N–C) groups is 1. The Morgan fingerprint density at radius 2 is 1.77 bits per heavy atom. The molecule has 1 atom stereocenters. The zero-order valence-corrected chi connectivity index (χ0v) is 14.0. The van der Waals surface area contributed by atoms with Gasteiger partial charge in [-0.3, -0.25) is 19.9 Å². The maximum absolute atomic E-state index is 12.1. The van der Waals surface area contributed by atoms with Crippen molar-refractivity contribution < 1.29 is 19.6 Å². The summed E-state index contributed by atoms with van der Waals surface area (Å²) in [5.41, 5.74) is 1.22. The van der Waals surface area contributed by atoms with E-state index in [2.05, 4.69) is 10.3 Å². The highest BCUT2D eigenvalue weighted by molar-refractivity contribution is 6.06. The van der Waals surface area contributed by atoms with E-state index in [1.165, 1.54) is 24.3 Å². The van der Waals surface area contributed by atoms with Crippen LogP contribution >= 0.6 is 0 Å². The zero-order chi connectivity index (χ0) is 19.1. The first-order valence-corrected chi connectivity index (χ1v) is 7.72. The van der Waals surface area contributed by atoms with Crippen LogP contribution in [0, 0.1) is 10.1 Å². The van der Waals surface area contributed by atoms with Crippen LogP contribution in [0.3, 0.4) is 0 Å². The molecule has 2 aromatic rings. The normalized spacial score (nSPS) is 12.3. The predicted octanol–water partition coefficient (Wildman–Crippen LogP) is 3.21. The topological polar surface area (TPSA) is 122 Å². The van der Waals surface area contributed by atoms with Crippen molar-refractivity contribution in [2.24, 2.45) is 4.99 Å². The van der Waals surface area contributed by atoms with Crippen LogP contribution in [0.2, 0.25) is 0 Å². The van der Waals surface area contributed by atoms with Crippen LogP contribution in [-0.2, 0) is 9.59 Å². The number of carbonyl (C=O) groups excluding carboxylic acids is 1. The Hall–Kier alpha value is -3.55. The molecule has 8 nitrogen and oxygen atoms in total. The lowest BCUT2D eigenvalue weighted by Gasteiger charge is -2.10. The number of carboxylic acids is 1. The summed E-state index contributed by atoms with van der Waals surface area (Å²) in [4.78, 5) is 37.7. The van der Waals surface area contributed by atoms with Gasteiger partial charge in [-0.15, -0.1) is 0 Å². The quantitative estimate of drug-likeness (QED) is 0.448. The van der Waals surface area contributed by atoms with Crippen molar-refractivity contribution in [3.05, 3.63) is 70.3 Å². The average molecular weight is 355 g/mol. The molecule has 0 spiro atoms. The predicted molar refractivity (Wildman–Crippen MR) is 96.3 cm³/mol. The standard InChI is InChI=1S/C18H17N3O5/c1-12(19-17(18(23)24)13-5-3-2-4-6-13)11-16(22)20-14-7-9-15(10-8-14)21(25)26/h2-10,17H,11H2,1H3,(H,20,22)(H,23,24). The summed E-state index contributed by atoms with van der Waals surface area (Å²) in [7, 11) is 0. The number of rotatable bonds is 7. The smallest absolute Gasteiger partial charge is 0.333 e. The molecule has 1 amide bonds. The third kappa shape index (κ3) is 5.23. The number of nitro benzene ring substituents is 1. The van der Waals surface area contributed by atoms with E-state index >= 15 is 0 Å². The first kappa shape index (κ1) is 18.8. The molecule has 0 bridgehead atoms. The van der Waals surface area contributed by atoms with Crippen molar-refractivity contribution in [1.29, 1.82) is 0 Å². The minimum Gasteiger partial charge on any atom is -0.479 e. The van der Waals surface area contributed by atoms with Gasteiger partial charge in [0.15, 0.2) is 6.04 Å². The Morgan fingerprint density at radius 3 is 2.31 bits per heavy atom. The summed E-state index contributed by atoms with van der Waals surface area (Å²) in [5.74, 6) is -1.50. The van der Waals surface area contributed by atoms with E-state index in [0.29, 0.717) is 17.0 Å². The lowest BCUT2D eigenvalue weighted by molar-refractivity contribution is -0.384. The largest absolute Gasteiger partial charge is 0.479 e. The van der Waals surface area contributed by atoms with Gasteiger partial charge in [0, 0.05) is 23.5 Å². The molecule has 0 aliphatic heterocycles. The number of aliphatic carboxylic acids is 1. The van der Waals surface area contributed by atoms with E-state index in [1.54, 1.807) is 37.3 Å². The molecule has 8 heteroatoms. The van der Waals surface area contributed by atoms with Gasteiger partial charge in [-0.25, -0.2) is 4.79 Å². The number of nitro groups is 1. The fourth-order valence-electron chi connectivity index (χ4n) is 2.28. The molecule has 26 heavy (non-hydrogen) atoms. The Bertz CT molecular complexity index is 832. The second-order valence-electron chi connectivity index (χ2n) is 5.54. The molecular formula is C18H17N3O5. The van der Waals surface area contributed by atoms with E-state index in [1.807, 2.05) is 0 Å². The van der Waals surface area contributed by atoms with Gasteiger partial charge in [-0.1, -0.05) is 30.3 Å². The number of carboxylic acid groups (broad SMARTS) is 1. The minimum atomic E-state index is -1.11. The summed E-state index contributed by atoms with van der Waals surface area (Å²) >= 11 is 0. The molecule has 0 saturated heterocycles. The van der Waals surface area contributed by atoms with E-state index in [-0.39, 0.29) is 12.1 Å². The monoisotopic (exact) mass is 355 g/mol. The lowest BCUT2D eigenvalue weighted by Crippen LogP contribution is -2.17. The Labute approximate surface area is 149 Å². The molecule has 2 rings (SSSR count). The first-order valence-electron chi connectivity index (χ1n) is 7.72. The fourth-order valence-corrected chi connectivity index (χ4v) is 2.28. The molecular weight excluding hydrogens is 338 g/mol. The van der Waals surface area contributed by atoms with Crippen LogP contribution in [-0.4, -0.2) is 27.6 Å². The van der Waals surface area contributed by atoms with Crippen molar-refractivity contribution in [3.8, 4) is 0 Å². The van der Waals surface area contributed by atoms with Crippen molar-refractivity contribution in [2.45, 2.75) is 19.4 Å². The number of benzene rings is 2. The van der Waals surface area contributed by atoms with Gasteiger partial charge in [0.25, 0.3) is 5.69 Å². The van der Waals surface area contributed by atoms with Gasteiger partial charge in [0.05, 0.1) is 11.3 Å². The highest BCUT2D eigenvalue weighted by Crippen LogP contribution is 2.19. The fraction of sp³-hybridized carbons (Fsp3) is 0.167. The molecule has 0 aliphatic carbocycles. The van der Waals surface area contributed by atoms with Gasteiger partial charge in [0.1, 0.15) is 0 Å². The molecule has 0 aromatic heterocycles.